The van der Waals surface area contributed by atoms with Crippen LogP contribution in [0.15, 0.2) is 23.0 Å². The molecule has 1 fully saturated rings. The molecule has 2 heterocycles. The zero-order valence-corrected chi connectivity index (χ0v) is 11.8. The summed E-state index contributed by atoms with van der Waals surface area (Å²) in [6, 6.07) is 5.78. The first-order valence-corrected chi connectivity index (χ1v) is 7.71. The molecule has 0 bridgehead atoms. The average molecular weight is 278 g/mol. The monoisotopic (exact) mass is 278 g/mol. The van der Waals surface area contributed by atoms with Crippen molar-refractivity contribution >= 4 is 22.8 Å². The highest BCUT2D eigenvalue weighted by atomic mass is 32.2. The van der Waals surface area contributed by atoms with E-state index in [1.165, 1.54) is 25.0 Å². The molecule has 1 aromatic carbocycles. The second-order valence-corrected chi connectivity index (χ2v) is 6.29. The number of rotatable bonds is 3. The number of nitrogens with zero attached hydrogens (tertiary/aromatic N) is 1. The molecular formula is C14H18N2O2S. The van der Waals surface area contributed by atoms with E-state index in [0.717, 1.165) is 23.3 Å². The smallest absolute Gasteiger partial charge is 0.326 e. The van der Waals surface area contributed by atoms with Crippen LogP contribution in [0.5, 0.6) is 5.75 Å². The third-order valence-corrected chi connectivity index (χ3v) is 5.03. The summed E-state index contributed by atoms with van der Waals surface area (Å²) in [6.07, 6.45) is 3.78. The number of imidazole rings is 1. The van der Waals surface area contributed by atoms with Gasteiger partial charge in [0, 0.05) is 11.8 Å². The van der Waals surface area contributed by atoms with Crippen molar-refractivity contribution in [2.75, 3.05) is 12.9 Å². The van der Waals surface area contributed by atoms with Gasteiger partial charge in [-0.3, -0.25) is 4.57 Å². The summed E-state index contributed by atoms with van der Waals surface area (Å²) in [6.45, 7) is 0.788. The molecule has 0 aliphatic carbocycles. The number of aromatic amines is 1. The predicted molar refractivity (Wildman–Crippen MR) is 79.2 cm³/mol. The third kappa shape index (κ3) is 2.39. The molecule has 102 valence electrons. The molecule has 3 rings (SSSR count). The van der Waals surface area contributed by atoms with Gasteiger partial charge in [0.15, 0.2) is 0 Å². The number of nitrogens with one attached hydrogen (secondary N) is 1. The van der Waals surface area contributed by atoms with E-state index in [-0.39, 0.29) is 5.69 Å². The fourth-order valence-corrected chi connectivity index (χ4v) is 3.95. The van der Waals surface area contributed by atoms with E-state index in [4.69, 9.17) is 4.74 Å². The second kappa shape index (κ2) is 5.33. The molecule has 1 unspecified atom stereocenters. The number of methoxy groups -OCH3 is 1. The first kappa shape index (κ1) is 12.7. The van der Waals surface area contributed by atoms with E-state index in [9.17, 15) is 4.79 Å². The molecule has 1 aliphatic rings. The lowest BCUT2D eigenvalue weighted by Crippen LogP contribution is -2.24. The Labute approximate surface area is 116 Å². The van der Waals surface area contributed by atoms with Crippen LogP contribution < -0.4 is 10.4 Å². The Balaban J connectivity index is 1.98. The van der Waals surface area contributed by atoms with Crippen molar-refractivity contribution in [1.29, 1.82) is 0 Å². The predicted octanol–water partition coefficient (Wildman–Crippen LogP) is 2.62. The topological polar surface area (TPSA) is 47.0 Å². The highest BCUT2D eigenvalue weighted by molar-refractivity contribution is 7.99. The first-order valence-electron chi connectivity index (χ1n) is 6.66. The minimum absolute atomic E-state index is 0.0364. The summed E-state index contributed by atoms with van der Waals surface area (Å²) in [4.78, 5) is 15.0. The van der Waals surface area contributed by atoms with Crippen molar-refractivity contribution < 1.29 is 4.74 Å². The molecule has 1 aliphatic heterocycles. The maximum absolute atomic E-state index is 12.1. The van der Waals surface area contributed by atoms with Crippen LogP contribution in [0.2, 0.25) is 0 Å². The minimum Gasteiger partial charge on any atom is -0.494 e. The van der Waals surface area contributed by atoms with E-state index in [2.05, 4.69) is 4.98 Å². The number of fused-ring (bicyclic) bond motifs is 1. The fourth-order valence-electron chi connectivity index (χ4n) is 2.66. The lowest BCUT2D eigenvalue weighted by Gasteiger charge is -2.21. The maximum Gasteiger partial charge on any atom is 0.326 e. The first-order chi connectivity index (χ1) is 9.29. The van der Waals surface area contributed by atoms with Crippen molar-refractivity contribution in [3.8, 4) is 5.75 Å². The number of benzene rings is 1. The Hall–Kier alpha value is -1.36. The average Bonchev–Trinajstić information content (AvgIpc) is 2.76. The third-order valence-electron chi connectivity index (χ3n) is 3.65. The van der Waals surface area contributed by atoms with E-state index in [1.807, 2.05) is 34.5 Å². The summed E-state index contributed by atoms with van der Waals surface area (Å²) in [7, 11) is 1.63. The molecule has 5 heteroatoms. The van der Waals surface area contributed by atoms with Gasteiger partial charge in [-0.25, -0.2) is 4.79 Å². The van der Waals surface area contributed by atoms with Crippen molar-refractivity contribution in [2.45, 2.75) is 31.1 Å². The van der Waals surface area contributed by atoms with Crippen LogP contribution in [-0.4, -0.2) is 27.7 Å². The van der Waals surface area contributed by atoms with Crippen molar-refractivity contribution in [2.24, 2.45) is 0 Å². The quantitative estimate of drug-likeness (QED) is 0.939. The number of hydrogen-bond acceptors (Lipinski definition) is 3. The molecule has 4 nitrogen and oxygen atoms in total. The van der Waals surface area contributed by atoms with Crippen LogP contribution in [-0.2, 0) is 6.54 Å². The largest absolute Gasteiger partial charge is 0.494 e. The highest BCUT2D eigenvalue weighted by Gasteiger charge is 2.18. The molecule has 1 saturated heterocycles. The number of ether oxygens (including phenoxy) is 1. The molecule has 1 aromatic heterocycles. The number of thioether (sulfide) groups is 1. The van der Waals surface area contributed by atoms with Crippen LogP contribution in [0.25, 0.3) is 11.0 Å². The molecule has 2 aromatic rings. The lowest BCUT2D eigenvalue weighted by atomic mass is 10.2. The van der Waals surface area contributed by atoms with Crippen LogP contribution in [0, 0.1) is 0 Å². The van der Waals surface area contributed by atoms with E-state index in [0.29, 0.717) is 5.25 Å². The number of H-pyrrole nitrogens is 1. The molecule has 1 N–H and O–H groups in total. The Kier molecular flexibility index (Phi) is 3.55. The standard InChI is InChI=1S/C14H18N2O2S/c1-18-12-7-4-6-11-13(12)15-14(17)16(11)9-10-5-2-3-8-19-10/h4,6-7,10H,2-3,5,8-9H2,1H3,(H,15,17). The maximum atomic E-state index is 12.1. The van der Waals surface area contributed by atoms with Gasteiger partial charge in [0.25, 0.3) is 0 Å². The fraction of sp³-hybridized carbons (Fsp3) is 0.500. The zero-order chi connectivity index (χ0) is 13.2. The van der Waals surface area contributed by atoms with Crippen molar-refractivity contribution in [1.82, 2.24) is 9.55 Å². The molecule has 0 amide bonds. The molecule has 1 atom stereocenters. The SMILES string of the molecule is COc1cccc2c1[nH]c(=O)n2CC1CCCCS1. The van der Waals surface area contributed by atoms with Gasteiger partial charge in [-0.15, -0.1) is 0 Å². The summed E-state index contributed by atoms with van der Waals surface area (Å²) < 4.78 is 7.15. The van der Waals surface area contributed by atoms with Crippen LogP contribution >= 0.6 is 11.8 Å². The Morgan fingerprint density at radius 3 is 3.11 bits per heavy atom. The van der Waals surface area contributed by atoms with Gasteiger partial charge in [0.05, 0.1) is 12.6 Å². The van der Waals surface area contributed by atoms with E-state index in [1.54, 1.807) is 7.11 Å². The van der Waals surface area contributed by atoms with E-state index < -0.39 is 0 Å². The van der Waals surface area contributed by atoms with Crippen molar-refractivity contribution in [3.63, 3.8) is 0 Å². The van der Waals surface area contributed by atoms with Gasteiger partial charge in [-0.1, -0.05) is 12.5 Å². The minimum atomic E-state index is -0.0364. The Morgan fingerprint density at radius 2 is 2.37 bits per heavy atom. The van der Waals surface area contributed by atoms with E-state index >= 15 is 0 Å². The molecular weight excluding hydrogens is 260 g/mol. The number of para-hydroxylation sites is 1. The summed E-state index contributed by atoms with van der Waals surface area (Å²) in [5.74, 6) is 1.94. The lowest BCUT2D eigenvalue weighted by molar-refractivity contribution is 0.419. The van der Waals surface area contributed by atoms with Crippen LogP contribution in [0.4, 0.5) is 0 Å². The van der Waals surface area contributed by atoms with Gasteiger partial charge < -0.3 is 9.72 Å². The molecule has 0 spiro atoms. The zero-order valence-electron chi connectivity index (χ0n) is 11.0. The second-order valence-electron chi connectivity index (χ2n) is 4.88. The number of aromatic nitrogens is 2. The molecule has 0 radical (unpaired) electrons. The van der Waals surface area contributed by atoms with Gasteiger partial charge in [0.2, 0.25) is 0 Å². The summed E-state index contributed by atoms with van der Waals surface area (Å²) in [5.41, 5.74) is 1.71. The molecule has 0 saturated carbocycles. The van der Waals surface area contributed by atoms with Crippen LogP contribution in [0.3, 0.4) is 0 Å². The van der Waals surface area contributed by atoms with Gasteiger partial charge >= 0.3 is 5.69 Å². The van der Waals surface area contributed by atoms with Gasteiger partial charge in [0.1, 0.15) is 11.3 Å². The summed E-state index contributed by atoms with van der Waals surface area (Å²) in [5, 5.41) is 0.552. The Bertz CT molecular complexity index is 626. The number of hydrogen-bond donors (Lipinski definition) is 1. The Morgan fingerprint density at radius 1 is 1.47 bits per heavy atom. The van der Waals surface area contributed by atoms with Crippen LogP contribution in [0.1, 0.15) is 19.3 Å². The summed E-state index contributed by atoms with van der Waals surface area (Å²) >= 11 is 1.98. The molecule has 19 heavy (non-hydrogen) atoms. The van der Waals surface area contributed by atoms with Gasteiger partial charge in [-0.05, 0) is 30.7 Å². The highest BCUT2D eigenvalue weighted by Crippen LogP contribution is 2.28. The van der Waals surface area contributed by atoms with Gasteiger partial charge in [-0.2, -0.15) is 11.8 Å². The van der Waals surface area contributed by atoms with Crippen molar-refractivity contribution in [3.05, 3.63) is 28.7 Å². The normalized spacial score (nSPS) is 19.7.